The summed E-state index contributed by atoms with van der Waals surface area (Å²) in [4.78, 5) is 21.1. The number of fused-ring (bicyclic) bond motifs is 1. The smallest absolute Gasteiger partial charge is 0.246 e. The molecule has 0 spiro atoms. The number of hydrogen-bond acceptors (Lipinski definition) is 4. The second kappa shape index (κ2) is 7.29. The van der Waals surface area contributed by atoms with Crippen LogP contribution >= 0.6 is 22.9 Å². The van der Waals surface area contributed by atoms with Crippen molar-refractivity contribution in [3.8, 4) is 0 Å². The van der Waals surface area contributed by atoms with Crippen LogP contribution in [0.25, 0.3) is 11.0 Å². The number of thiazole rings is 1. The number of likely N-dealkylation sites (N-methyl/N-ethyl adjacent to an activating group) is 1. The summed E-state index contributed by atoms with van der Waals surface area (Å²) in [6.07, 6.45) is 5.13. The fourth-order valence-corrected chi connectivity index (χ4v) is 3.46. The molecule has 0 unspecified atom stereocenters. The first-order valence-corrected chi connectivity index (χ1v) is 9.02. The summed E-state index contributed by atoms with van der Waals surface area (Å²) in [5, 5.41) is 2.33. The summed E-state index contributed by atoms with van der Waals surface area (Å²) in [7, 11) is 5.79. The van der Waals surface area contributed by atoms with Gasteiger partial charge in [0.1, 0.15) is 0 Å². The van der Waals surface area contributed by atoms with Crippen molar-refractivity contribution in [2.24, 2.45) is 0 Å². The van der Waals surface area contributed by atoms with E-state index in [0.717, 1.165) is 21.9 Å². The molecule has 1 amide bonds. The van der Waals surface area contributed by atoms with Crippen molar-refractivity contribution in [1.82, 2.24) is 14.3 Å². The molecule has 5 nitrogen and oxygen atoms in total. The average molecular weight is 375 g/mol. The summed E-state index contributed by atoms with van der Waals surface area (Å²) in [6.45, 7) is 0.547. The van der Waals surface area contributed by atoms with Crippen molar-refractivity contribution in [1.29, 1.82) is 0 Å². The predicted octanol–water partition coefficient (Wildman–Crippen LogP) is 3.79. The SMILES string of the molecule is CN(Cc1ccc(N(C)C)cc1)C(=O)/C=C/c1c(Cl)nc2sccn12. The molecule has 2 aromatic heterocycles. The molecule has 0 aliphatic rings. The van der Waals surface area contributed by atoms with E-state index < -0.39 is 0 Å². The molecule has 0 atom stereocenters. The highest BCUT2D eigenvalue weighted by molar-refractivity contribution is 7.15. The Balaban J connectivity index is 1.68. The van der Waals surface area contributed by atoms with Crippen LogP contribution in [-0.2, 0) is 11.3 Å². The molecule has 0 aliphatic carbocycles. The summed E-state index contributed by atoms with van der Waals surface area (Å²) in [6, 6.07) is 8.16. The van der Waals surface area contributed by atoms with Gasteiger partial charge in [-0.05, 0) is 23.8 Å². The minimum Gasteiger partial charge on any atom is -0.378 e. The van der Waals surface area contributed by atoms with E-state index in [1.54, 1.807) is 18.0 Å². The van der Waals surface area contributed by atoms with Crippen LogP contribution in [0.2, 0.25) is 5.15 Å². The summed E-state index contributed by atoms with van der Waals surface area (Å²) < 4.78 is 1.87. The Hall–Kier alpha value is -2.31. The van der Waals surface area contributed by atoms with Gasteiger partial charge in [0.15, 0.2) is 10.1 Å². The lowest BCUT2D eigenvalue weighted by Gasteiger charge is -2.17. The first-order valence-electron chi connectivity index (χ1n) is 7.76. The minimum absolute atomic E-state index is 0.0852. The number of halogens is 1. The number of aromatic nitrogens is 2. The van der Waals surface area contributed by atoms with Gasteiger partial charge in [0.2, 0.25) is 5.91 Å². The van der Waals surface area contributed by atoms with Gasteiger partial charge in [-0.3, -0.25) is 9.20 Å². The van der Waals surface area contributed by atoms with E-state index in [0.29, 0.717) is 11.7 Å². The third-order valence-electron chi connectivity index (χ3n) is 3.89. The van der Waals surface area contributed by atoms with Crippen LogP contribution in [-0.4, -0.2) is 41.3 Å². The van der Waals surface area contributed by atoms with Gasteiger partial charge in [-0.1, -0.05) is 23.7 Å². The Kier molecular flexibility index (Phi) is 5.11. The Bertz CT molecular complexity index is 911. The van der Waals surface area contributed by atoms with Gasteiger partial charge in [-0.15, -0.1) is 11.3 Å². The molecule has 1 aromatic carbocycles. The zero-order valence-corrected chi connectivity index (χ0v) is 15.9. The van der Waals surface area contributed by atoms with E-state index >= 15 is 0 Å². The molecule has 0 N–H and O–H groups in total. The van der Waals surface area contributed by atoms with Crippen LogP contribution in [0, 0.1) is 0 Å². The maximum absolute atomic E-state index is 12.4. The van der Waals surface area contributed by atoms with Crippen molar-refractivity contribution in [2.75, 3.05) is 26.0 Å². The van der Waals surface area contributed by atoms with Crippen LogP contribution in [0.5, 0.6) is 0 Å². The molecule has 3 rings (SSSR count). The number of anilines is 1. The molecule has 0 aliphatic heterocycles. The third kappa shape index (κ3) is 3.86. The Morgan fingerprint density at radius 2 is 2.00 bits per heavy atom. The maximum atomic E-state index is 12.4. The van der Waals surface area contributed by atoms with E-state index in [1.165, 1.54) is 17.4 Å². The molecule has 130 valence electrons. The largest absolute Gasteiger partial charge is 0.378 e. The normalized spacial score (nSPS) is 11.4. The summed E-state index contributed by atoms with van der Waals surface area (Å²) in [5.74, 6) is -0.0852. The van der Waals surface area contributed by atoms with Crippen LogP contribution < -0.4 is 4.90 Å². The third-order valence-corrected chi connectivity index (χ3v) is 4.92. The number of imidazole rings is 1. The van der Waals surface area contributed by atoms with Crippen LogP contribution in [0.15, 0.2) is 41.9 Å². The first kappa shape index (κ1) is 17.5. The second-order valence-corrected chi connectivity index (χ2v) is 7.16. The Morgan fingerprint density at radius 3 is 2.68 bits per heavy atom. The average Bonchev–Trinajstić information content (AvgIpc) is 3.14. The number of carbonyl (C=O) groups is 1. The molecule has 0 bridgehead atoms. The molecular weight excluding hydrogens is 356 g/mol. The standard InChI is InChI=1S/C18H19ClN4OS/c1-21(2)14-6-4-13(5-7-14)12-22(3)16(24)9-8-15-17(19)20-18-23(15)10-11-25-18/h4-11H,12H2,1-3H3/b9-8+. The lowest BCUT2D eigenvalue weighted by Crippen LogP contribution is -2.24. The predicted molar refractivity (Wildman–Crippen MR) is 104 cm³/mol. The van der Waals surface area contributed by atoms with Gasteiger partial charge in [0.25, 0.3) is 0 Å². The zero-order valence-electron chi connectivity index (χ0n) is 14.3. The monoisotopic (exact) mass is 374 g/mol. The molecule has 0 saturated heterocycles. The van der Waals surface area contributed by atoms with E-state index in [2.05, 4.69) is 4.98 Å². The minimum atomic E-state index is -0.0852. The number of hydrogen-bond donors (Lipinski definition) is 0. The lowest BCUT2D eigenvalue weighted by atomic mass is 10.2. The van der Waals surface area contributed by atoms with Gasteiger partial charge in [0, 0.05) is 51.0 Å². The number of nitrogens with zero attached hydrogens (tertiary/aromatic N) is 4. The highest BCUT2D eigenvalue weighted by atomic mass is 35.5. The fourth-order valence-electron chi connectivity index (χ4n) is 2.45. The van der Waals surface area contributed by atoms with Gasteiger partial charge < -0.3 is 9.80 Å². The van der Waals surface area contributed by atoms with Crippen molar-refractivity contribution in [3.05, 3.63) is 58.3 Å². The van der Waals surface area contributed by atoms with Crippen LogP contribution in [0.1, 0.15) is 11.3 Å². The van der Waals surface area contributed by atoms with E-state index in [-0.39, 0.29) is 5.91 Å². The second-order valence-electron chi connectivity index (χ2n) is 5.93. The zero-order chi connectivity index (χ0) is 18.0. The highest BCUT2D eigenvalue weighted by Gasteiger charge is 2.10. The maximum Gasteiger partial charge on any atom is 0.246 e. The van der Waals surface area contributed by atoms with Crippen molar-refractivity contribution >= 4 is 45.6 Å². The Morgan fingerprint density at radius 1 is 1.28 bits per heavy atom. The summed E-state index contributed by atoms with van der Waals surface area (Å²) in [5.41, 5.74) is 2.93. The molecule has 25 heavy (non-hydrogen) atoms. The number of rotatable bonds is 5. The van der Waals surface area contributed by atoms with E-state index in [9.17, 15) is 4.79 Å². The number of amides is 1. The quantitative estimate of drug-likeness (QED) is 0.638. The van der Waals surface area contributed by atoms with Crippen molar-refractivity contribution < 1.29 is 4.79 Å². The Labute approximate surface area is 155 Å². The highest BCUT2D eigenvalue weighted by Crippen LogP contribution is 2.22. The molecular formula is C18H19ClN4OS. The van der Waals surface area contributed by atoms with Gasteiger partial charge in [-0.2, -0.15) is 0 Å². The van der Waals surface area contributed by atoms with Crippen molar-refractivity contribution in [3.63, 3.8) is 0 Å². The molecule has 2 heterocycles. The van der Waals surface area contributed by atoms with E-state index in [4.69, 9.17) is 11.6 Å². The topological polar surface area (TPSA) is 40.8 Å². The lowest BCUT2D eigenvalue weighted by molar-refractivity contribution is -0.125. The van der Waals surface area contributed by atoms with Crippen molar-refractivity contribution in [2.45, 2.75) is 6.54 Å². The number of benzene rings is 1. The van der Waals surface area contributed by atoms with Gasteiger partial charge in [-0.25, -0.2) is 4.98 Å². The number of carbonyl (C=O) groups excluding carboxylic acids is 1. The fraction of sp³-hybridized carbons (Fsp3) is 0.222. The molecule has 0 radical (unpaired) electrons. The first-order chi connectivity index (χ1) is 12.0. The van der Waals surface area contributed by atoms with Gasteiger partial charge >= 0.3 is 0 Å². The summed E-state index contributed by atoms with van der Waals surface area (Å²) >= 11 is 7.64. The van der Waals surface area contributed by atoms with Crippen LogP contribution in [0.4, 0.5) is 5.69 Å². The molecule has 0 saturated carbocycles. The van der Waals surface area contributed by atoms with Crippen LogP contribution in [0.3, 0.4) is 0 Å². The molecule has 3 aromatic rings. The molecule has 0 fully saturated rings. The van der Waals surface area contributed by atoms with Gasteiger partial charge in [0.05, 0.1) is 5.69 Å². The molecule has 7 heteroatoms. The van der Waals surface area contributed by atoms with E-state index in [1.807, 2.05) is 59.2 Å².